The van der Waals surface area contributed by atoms with Gasteiger partial charge in [-0.15, -0.1) is 0 Å². The second kappa shape index (κ2) is 13.0. The van der Waals surface area contributed by atoms with Gasteiger partial charge in [-0.1, -0.05) is 155 Å². The van der Waals surface area contributed by atoms with Crippen LogP contribution in [-0.2, 0) is 5.41 Å². The van der Waals surface area contributed by atoms with Crippen molar-refractivity contribution >= 4 is 38.9 Å². The van der Waals surface area contributed by atoms with Crippen molar-refractivity contribution in [1.82, 2.24) is 4.57 Å². The van der Waals surface area contributed by atoms with Crippen LogP contribution in [0.1, 0.15) is 38.8 Å². The van der Waals surface area contributed by atoms with Crippen LogP contribution < -0.4 is 4.90 Å². The van der Waals surface area contributed by atoms with Crippen LogP contribution >= 0.6 is 0 Å². The lowest BCUT2D eigenvalue weighted by Crippen LogP contribution is -2.36. The van der Waals surface area contributed by atoms with Gasteiger partial charge in [0.2, 0.25) is 0 Å². The lowest BCUT2D eigenvalue weighted by molar-refractivity contribution is 0.255. The fourth-order valence-corrected chi connectivity index (χ4v) is 9.12. The normalized spacial score (nSPS) is 14.9. The van der Waals surface area contributed by atoms with Crippen LogP contribution in [0, 0.1) is 5.41 Å². The first-order chi connectivity index (χ1) is 27.3. The Morgan fingerprint density at radius 1 is 0.411 bits per heavy atom. The van der Waals surface area contributed by atoms with Crippen LogP contribution in [0.2, 0.25) is 0 Å². The molecule has 0 radical (unpaired) electrons. The molecule has 56 heavy (non-hydrogen) atoms. The summed E-state index contributed by atoms with van der Waals surface area (Å²) in [5, 5.41) is 2.52. The standard InChI is InChI=1S/C54H44N2/c1-53(2,3)54(4)49-21-13-11-19-45(49)46-33-32-44(36-50(46)54)55(42-28-23-38(24-29-42)37-15-7-5-8-16-37)43-30-25-39(26-31-43)40-27-34-52-48(35-40)47-20-12-14-22-51(47)56(52)41-17-9-6-10-18-41/h5-36H,1-4H3. The average molecular weight is 721 g/mol. The molecule has 1 aromatic heterocycles. The number of benzene rings is 8. The highest BCUT2D eigenvalue weighted by atomic mass is 15.1. The molecule has 2 nitrogen and oxygen atoms in total. The summed E-state index contributed by atoms with van der Waals surface area (Å²) in [5.74, 6) is 0. The minimum Gasteiger partial charge on any atom is -0.310 e. The molecule has 0 fully saturated rings. The van der Waals surface area contributed by atoms with Crippen molar-refractivity contribution < 1.29 is 0 Å². The molecule has 0 aliphatic heterocycles. The number of hydrogen-bond acceptors (Lipinski definition) is 1. The summed E-state index contributed by atoms with van der Waals surface area (Å²) in [6.07, 6.45) is 0. The third-order valence-electron chi connectivity index (χ3n) is 12.4. The molecule has 1 atom stereocenters. The number of fused-ring (bicyclic) bond motifs is 6. The summed E-state index contributed by atoms with van der Waals surface area (Å²) in [5.41, 5.74) is 17.2. The third-order valence-corrected chi connectivity index (χ3v) is 12.4. The van der Waals surface area contributed by atoms with Crippen LogP contribution in [0.15, 0.2) is 194 Å². The van der Waals surface area contributed by atoms with Gasteiger partial charge >= 0.3 is 0 Å². The van der Waals surface area contributed by atoms with Gasteiger partial charge in [0.05, 0.1) is 11.0 Å². The topological polar surface area (TPSA) is 8.17 Å². The zero-order chi connectivity index (χ0) is 38.0. The summed E-state index contributed by atoms with van der Waals surface area (Å²) in [6, 6.07) is 71.1. The van der Waals surface area contributed by atoms with Crippen molar-refractivity contribution in [3.63, 3.8) is 0 Å². The van der Waals surface area contributed by atoms with Crippen LogP contribution in [0.5, 0.6) is 0 Å². The van der Waals surface area contributed by atoms with Crippen molar-refractivity contribution in [3.05, 3.63) is 205 Å². The van der Waals surface area contributed by atoms with E-state index in [4.69, 9.17) is 0 Å². The Hall–Kier alpha value is -6.64. The molecule has 8 aromatic carbocycles. The minimum atomic E-state index is -0.149. The Kier molecular flexibility index (Phi) is 7.87. The van der Waals surface area contributed by atoms with Crippen LogP contribution in [0.3, 0.4) is 0 Å². The average Bonchev–Trinajstić information content (AvgIpc) is 3.71. The Labute approximate surface area is 330 Å². The van der Waals surface area contributed by atoms with Crippen molar-refractivity contribution in [2.75, 3.05) is 4.90 Å². The Bertz CT molecular complexity index is 2880. The van der Waals surface area contributed by atoms with E-state index in [0.29, 0.717) is 0 Å². The second-order valence-corrected chi connectivity index (χ2v) is 16.4. The lowest BCUT2D eigenvalue weighted by Gasteiger charge is -2.41. The van der Waals surface area contributed by atoms with E-state index in [9.17, 15) is 0 Å². The highest BCUT2D eigenvalue weighted by Crippen LogP contribution is 2.58. The van der Waals surface area contributed by atoms with E-state index in [1.54, 1.807) is 0 Å². The fraction of sp³-hybridized carbons (Fsp3) is 0.111. The van der Waals surface area contributed by atoms with E-state index < -0.39 is 0 Å². The van der Waals surface area contributed by atoms with Gasteiger partial charge in [0.25, 0.3) is 0 Å². The summed E-state index contributed by atoms with van der Waals surface area (Å²) >= 11 is 0. The summed E-state index contributed by atoms with van der Waals surface area (Å²) in [6.45, 7) is 9.56. The maximum Gasteiger partial charge on any atom is 0.0541 e. The number of rotatable bonds is 6. The molecule has 0 N–H and O–H groups in total. The van der Waals surface area contributed by atoms with Gasteiger partial charge in [-0.2, -0.15) is 0 Å². The van der Waals surface area contributed by atoms with Gasteiger partial charge in [0.15, 0.2) is 0 Å². The summed E-state index contributed by atoms with van der Waals surface area (Å²) in [4.78, 5) is 2.42. The fourth-order valence-electron chi connectivity index (χ4n) is 9.12. The SMILES string of the molecule is CC(C)(C)C1(C)c2ccccc2-c2ccc(N(c3ccc(-c4ccccc4)cc3)c3ccc(-c4ccc5c(c4)c4ccccc4n5-c4ccccc4)cc3)cc21. The monoisotopic (exact) mass is 720 g/mol. The van der Waals surface area contributed by atoms with E-state index >= 15 is 0 Å². The van der Waals surface area contributed by atoms with E-state index in [0.717, 1.165) is 17.1 Å². The van der Waals surface area contributed by atoms with Crippen LogP contribution in [-0.4, -0.2) is 4.57 Å². The number of nitrogens with zero attached hydrogens (tertiary/aromatic N) is 2. The summed E-state index contributed by atoms with van der Waals surface area (Å²) in [7, 11) is 0. The molecule has 1 unspecified atom stereocenters. The van der Waals surface area contributed by atoms with Crippen molar-refractivity contribution in [2.45, 2.75) is 33.1 Å². The van der Waals surface area contributed by atoms with Gasteiger partial charge in [-0.25, -0.2) is 0 Å². The molecule has 270 valence electrons. The molecule has 0 saturated carbocycles. The Morgan fingerprint density at radius 3 is 1.62 bits per heavy atom. The first-order valence-electron chi connectivity index (χ1n) is 19.7. The highest BCUT2D eigenvalue weighted by molar-refractivity contribution is 6.10. The summed E-state index contributed by atoms with van der Waals surface area (Å²) < 4.78 is 2.37. The largest absolute Gasteiger partial charge is 0.310 e. The van der Waals surface area contributed by atoms with Gasteiger partial charge in [-0.3, -0.25) is 0 Å². The van der Waals surface area contributed by atoms with Crippen molar-refractivity contribution in [3.8, 4) is 39.1 Å². The maximum atomic E-state index is 2.45. The molecule has 9 aromatic rings. The Balaban J connectivity index is 1.09. The maximum absolute atomic E-state index is 2.45. The first kappa shape index (κ1) is 33.9. The van der Waals surface area contributed by atoms with E-state index in [-0.39, 0.29) is 10.8 Å². The van der Waals surface area contributed by atoms with Gasteiger partial charge < -0.3 is 9.47 Å². The zero-order valence-corrected chi connectivity index (χ0v) is 32.4. The predicted molar refractivity (Wildman–Crippen MR) is 238 cm³/mol. The number of para-hydroxylation sites is 2. The molecule has 0 spiro atoms. The van der Waals surface area contributed by atoms with E-state index in [1.807, 2.05) is 0 Å². The second-order valence-electron chi connectivity index (χ2n) is 16.4. The van der Waals surface area contributed by atoms with Crippen LogP contribution in [0.25, 0.3) is 60.9 Å². The lowest BCUT2D eigenvalue weighted by atomic mass is 9.62. The molecule has 1 aliphatic rings. The van der Waals surface area contributed by atoms with E-state index in [1.165, 1.54) is 72.0 Å². The van der Waals surface area contributed by atoms with Gasteiger partial charge in [0.1, 0.15) is 0 Å². The number of hydrogen-bond donors (Lipinski definition) is 0. The van der Waals surface area contributed by atoms with Gasteiger partial charge in [0, 0.05) is 38.9 Å². The predicted octanol–water partition coefficient (Wildman–Crippen LogP) is 14.9. The molecule has 0 amide bonds. The third kappa shape index (κ3) is 5.32. The van der Waals surface area contributed by atoms with Gasteiger partial charge in [-0.05, 0) is 117 Å². The number of anilines is 3. The van der Waals surface area contributed by atoms with Crippen molar-refractivity contribution in [2.24, 2.45) is 5.41 Å². The van der Waals surface area contributed by atoms with Crippen LogP contribution in [0.4, 0.5) is 17.1 Å². The highest BCUT2D eigenvalue weighted by Gasteiger charge is 2.47. The van der Waals surface area contributed by atoms with E-state index in [2.05, 4.69) is 231 Å². The molecule has 2 heteroatoms. The number of aromatic nitrogens is 1. The molecule has 1 heterocycles. The quantitative estimate of drug-likeness (QED) is 0.166. The Morgan fingerprint density at radius 2 is 0.929 bits per heavy atom. The smallest absolute Gasteiger partial charge is 0.0541 e. The van der Waals surface area contributed by atoms with Crippen molar-refractivity contribution in [1.29, 1.82) is 0 Å². The minimum absolute atomic E-state index is 0.00525. The molecular weight excluding hydrogens is 677 g/mol. The first-order valence-corrected chi connectivity index (χ1v) is 19.7. The molecule has 0 saturated heterocycles. The molecular formula is C54H44N2. The molecule has 10 rings (SSSR count). The molecule has 1 aliphatic carbocycles. The molecule has 0 bridgehead atoms. The zero-order valence-electron chi connectivity index (χ0n) is 32.4.